The summed E-state index contributed by atoms with van der Waals surface area (Å²) >= 11 is 1.59. The van der Waals surface area contributed by atoms with Gasteiger partial charge in [0.05, 0.1) is 4.88 Å². The van der Waals surface area contributed by atoms with Crippen molar-refractivity contribution in [2.75, 3.05) is 6.54 Å². The fraction of sp³-hybridized carbons (Fsp3) is 0.167. The van der Waals surface area contributed by atoms with Gasteiger partial charge in [-0.1, -0.05) is 42.5 Å². The molecule has 1 aromatic heterocycles. The fourth-order valence-electron chi connectivity index (χ4n) is 2.91. The zero-order valence-corrected chi connectivity index (χ0v) is 12.4. The standard InChI is InChI=1S/C18H15NOS/c20-18(17-11-14-6-3-4-8-16(14)21-17)19-10-9-13-5-1-2-7-15(13)12-19/h1-8,11H,9-10,12H2. The second kappa shape index (κ2) is 5.01. The molecule has 2 heterocycles. The second-order valence-corrected chi connectivity index (χ2v) is 6.48. The van der Waals surface area contributed by atoms with E-state index in [2.05, 4.69) is 30.3 Å². The van der Waals surface area contributed by atoms with Gasteiger partial charge in [0.1, 0.15) is 0 Å². The van der Waals surface area contributed by atoms with Gasteiger partial charge < -0.3 is 4.90 Å². The summed E-state index contributed by atoms with van der Waals surface area (Å²) in [6.45, 7) is 1.54. The Morgan fingerprint density at radius 1 is 1.00 bits per heavy atom. The zero-order valence-electron chi connectivity index (χ0n) is 11.6. The average Bonchev–Trinajstić information content (AvgIpc) is 2.97. The molecule has 2 aromatic carbocycles. The Kier molecular flexibility index (Phi) is 3.00. The van der Waals surface area contributed by atoms with E-state index >= 15 is 0 Å². The number of thiophene rings is 1. The highest BCUT2D eigenvalue weighted by atomic mass is 32.1. The van der Waals surface area contributed by atoms with Gasteiger partial charge in [0.25, 0.3) is 5.91 Å². The lowest BCUT2D eigenvalue weighted by atomic mass is 10.00. The highest BCUT2D eigenvalue weighted by molar-refractivity contribution is 7.20. The normalized spacial score (nSPS) is 14.2. The van der Waals surface area contributed by atoms with Gasteiger partial charge in [0, 0.05) is 17.8 Å². The number of rotatable bonds is 1. The minimum Gasteiger partial charge on any atom is -0.333 e. The molecular weight excluding hydrogens is 278 g/mol. The molecule has 2 nitrogen and oxygen atoms in total. The van der Waals surface area contributed by atoms with Crippen LogP contribution in [0.15, 0.2) is 54.6 Å². The van der Waals surface area contributed by atoms with Crippen molar-refractivity contribution in [2.45, 2.75) is 13.0 Å². The van der Waals surface area contributed by atoms with Crippen LogP contribution in [-0.4, -0.2) is 17.4 Å². The number of fused-ring (bicyclic) bond motifs is 2. The van der Waals surface area contributed by atoms with Crippen LogP contribution in [0, 0.1) is 0 Å². The predicted molar refractivity (Wildman–Crippen MR) is 86.7 cm³/mol. The number of hydrogen-bond acceptors (Lipinski definition) is 2. The predicted octanol–water partition coefficient (Wildman–Crippen LogP) is 4.10. The number of nitrogens with zero attached hydrogens (tertiary/aromatic N) is 1. The van der Waals surface area contributed by atoms with Crippen molar-refractivity contribution in [3.63, 3.8) is 0 Å². The van der Waals surface area contributed by atoms with Gasteiger partial charge in [-0.05, 0) is 35.1 Å². The number of carbonyl (C=O) groups excluding carboxylic acids is 1. The van der Waals surface area contributed by atoms with Crippen molar-refractivity contribution in [2.24, 2.45) is 0 Å². The molecular formula is C18H15NOS. The monoisotopic (exact) mass is 293 g/mol. The summed E-state index contributed by atoms with van der Waals surface area (Å²) in [5.74, 6) is 0.158. The first-order valence-corrected chi connectivity index (χ1v) is 7.97. The number of amides is 1. The molecule has 3 aromatic rings. The molecule has 104 valence electrons. The average molecular weight is 293 g/mol. The quantitative estimate of drug-likeness (QED) is 0.661. The molecule has 0 saturated carbocycles. The Balaban J connectivity index is 1.63. The van der Waals surface area contributed by atoms with Crippen LogP contribution in [0.2, 0.25) is 0 Å². The molecule has 1 aliphatic rings. The van der Waals surface area contributed by atoms with Gasteiger partial charge in [-0.3, -0.25) is 4.79 Å². The van der Waals surface area contributed by atoms with E-state index in [0.29, 0.717) is 0 Å². The molecule has 3 heteroatoms. The van der Waals surface area contributed by atoms with Gasteiger partial charge in [0.15, 0.2) is 0 Å². The SMILES string of the molecule is O=C(c1cc2ccccc2s1)N1CCc2ccccc2C1. The lowest BCUT2D eigenvalue weighted by molar-refractivity contribution is 0.0739. The Hall–Kier alpha value is -2.13. The molecule has 0 saturated heterocycles. The number of benzene rings is 2. The van der Waals surface area contributed by atoms with E-state index < -0.39 is 0 Å². The molecule has 4 rings (SSSR count). The van der Waals surface area contributed by atoms with Crippen LogP contribution in [-0.2, 0) is 13.0 Å². The fourth-order valence-corrected chi connectivity index (χ4v) is 3.94. The third kappa shape index (κ3) is 2.24. The molecule has 0 atom stereocenters. The van der Waals surface area contributed by atoms with Crippen molar-refractivity contribution in [1.82, 2.24) is 4.90 Å². The Bertz CT molecular complexity index is 788. The van der Waals surface area contributed by atoms with Crippen LogP contribution in [0.5, 0.6) is 0 Å². The van der Waals surface area contributed by atoms with Crippen molar-refractivity contribution >= 4 is 27.3 Å². The molecule has 1 amide bonds. The third-order valence-corrected chi connectivity index (χ3v) is 5.16. The maximum atomic E-state index is 12.7. The molecule has 0 unspecified atom stereocenters. The Morgan fingerprint density at radius 3 is 2.62 bits per heavy atom. The molecule has 1 aliphatic heterocycles. The lowest BCUT2D eigenvalue weighted by Crippen LogP contribution is -2.35. The summed E-state index contributed by atoms with van der Waals surface area (Å²) in [5, 5.41) is 1.16. The Morgan fingerprint density at radius 2 is 1.76 bits per heavy atom. The van der Waals surface area contributed by atoms with Crippen LogP contribution in [0.4, 0.5) is 0 Å². The molecule has 0 radical (unpaired) electrons. The number of carbonyl (C=O) groups is 1. The highest BCUT2D eigenvalue weighted by Gasteiger charge is 2.22. The summed E-state index contributed by atoms with van der Waals surface area (Å²) in [6.07, 6.45) is 0.951. The van der Waals surface area contributed by atoms with Gasteiger partial charge >= 0.3 is 0 Å². The topological polar surface area (TPSA) is 20.3 Å². The summed E-state index contributed by atoms with van der Waals surface area (Å²) in [5.41, 5.74) is 2.65. The molecule has 0 N–H and O–H groups in total. The molecule has 21 heavy (non-hydrogen) atoms. The second-order valence-electron chi connectivity index (χ2n) is 5.39. The zero-order chi connectivity index (χ0) is 14.2. The van der Waals surface area contributed by atoms with E-state index in [1.807, 2.05) is 29.2 Å². The van der Waals surface area contributed by atoms with Crippen LogP contribution in [0.1, 0.15) is 20.8 Å². The van der Waals surface area contributed by atoms with E-state index in [9.17, 15) is 4.79 Å². The maximum Gasteiger partial charge on any atom is 0.264 e. The minimum atomic E-state index is 0.158. The smallest absolute Gasteiger partial charge is 0.264 e. The van der Waals surface area contributed by atoms with Gasteiger partial charge in [-0.2, -0.15) is 0 Å². The third-order valence-electron chi connectivity index (χ3n) is 4.05. The van der Waals surface area contributed by atoms with Crippen molar-refractivity contribution in [3.8, 4) is 0 Å². The van der Waals surface area contributed by atoms with Gasteiger partial charge in [-0.25, -0.2) is 0 Å². The summed E-state index contributed by atoms with van der Waals surface area (Å²) in [4.78, 5) is 15.5. The largest absolute Gasteiger partial charge is 0.333 e. The van der Waals surface area contributed by atoms with Crippen LogP contribution in [0.3, 0.4) is 0 Å². The first-order valence-electron chi connectivity index (χ1n) is 7.16. The molecule has 0 fully saturated rings. The molecule has 0 spiro atoms. The van der Waals surface area contributed by atoms with Crippen LogP contribution >= 0.6 is 11.3 Å². The minimum absolute atomic E-state index is 0.158. The van der Waals surface area contributed by atoms with Crippen molar-refractivity contribution in [1.29, 1.82) is 0 Å². The molecule has 0 aliphatic carbocycles. The van der Waals surface area contributed by atoms with E-state index in [1.54, 1.807) is 11.3 Å². The van der Waals surface area contributed by atoms with Crippen LogP contribution < -0.4 is 0 Å². The molecule has 0 bridgehead atoms. The van der Waals surface area contributed by atoms with E-state index in [4.69, 9.17) is 0 Å². The van der Waals surface area contributed by atoms with Crippen molar-refractivity contribution < 1.29 is 4.79 Å². The van der Waals surface area contributed by atoms with Crippen molar-refractivity contribution in [3.05, 3.63) is 70.6 Å². The lowest BCUT2D eigenvalue weighted by Gasteiger charge is -2.28. The highest BCUT2D eigenvalue weighted by Crippen LogP contribution is 2.28. The summed E-state index contributed by atoms with van der Waals surface area (Å²) in [7, 11) is 0. The van der Waals surface area contributed by atoms with E-state index in [0.717, 1.165) is 29.8 Å². The van der Waals surface area contributed by atoms with E-state index in [1.165, 1.54) is 15.8 Å². The number of hydrogen-bond donors (Lipinski definition) is 0. The van der Waals surface area contributed by atoms with Crippen LogP contribution in [0.25, 0.3) is 10.1 Å². The summed E-state index contributed by atoms with van der Waals surface area (Å²) < 4.78 is 1.18. The first-order chi connectivity index (χ1) is 10.3. The van der Waals surface area contributed by atoms with Gasteiger partial charge in [0.2, 0.25) is 0 Å². The summed E-state index contributed by atoms with van der Waals surface area (Å²) in [6, 6.07) is 18.6. The first kappa shape index (κ1) is 12.6. The van der Waals surface area contributed by atoms with E-state index in [-0.39, 0.29) is 5.91 Å². The van der Waals surface area contributed by atoms with Gasteiger partial charge in [-0.15, -0.1) is 11.3 Å². The maximum absolute atomic E-state index is 12.7. The Labute approximate surface area is 127 Å².